The van der Waals surface area contributed by atoms with Crippen LogP contribution >= 0.6 is 0 Å². The molecule has 0 spiro atoms. The van der Waals surface area contributed by atoms with Crippen LogP contribution in [0.4, 0.5) is 13.2 Å². The van der Waals surface area contributed by atoms with Crippen molar-refractivity contribution in [3.63, 3.8) is 0 Å². The first-order valence-electron chi connectivity index (χ1n) is 10.8. The largest absolute Gasteiger partial charge is 0.507 e. The summed E-state index contributed by atoms with van der Waals surface area (Å²) in [5.74, 6) is 1.24. The van der Waals surface area contributed by atoms with Gasteiger partial charge in [0.05, 0.1) is 19.8 Å². The number of alkyl halides is 3. The Morgan fingerprint density at radius 3 is 1.91 bits per heavy atom. The Morgan fingerprint density at radius 2 is 1.32 bits per heavy atom. The molecule has 0 bridgehead atoms. The number of methoxy groups -OCH3 is 2. The Kier molecular flexibility index (Phi) is 4.83. The molecule has 1 N–H and O–H groups in total. The maximum Gasteiger partial charge on any atom is 0.416 e. The molecule has 0 heterocycles. The number of phenols is 1. The number of benzene rings is 4. The number of hydrogen-bond acceptors (Lipinski definition) is 3. The fourth-order valence-corrected chi connectivity index (χ4v) is 4.97. The van der Waals surface area contributed by atoms with Crippen molar-refractivity contribution in [1.29, 1.82) is 0 Å². The van der Waals surface area contributed by atoms with Crippen molar-refractivity contribution < 1.29 is 27.8 Å². The minimum Gasteiger partial charge on any atom is -0.507 e. The van der Waals surface area contributed by atoms with Crippen LogP contribution in [0, 0.1) is 0 Å². The van der Waals surface area contributed by atoms with Crippen LogP contribution in [0.15, 0.2) is 60.7 Å². The third-order valence-electron chi connectivity index (χ3n) is 6.80. The summed E-state index contributed by atoms with van der Waals surface area (Å²) in [5.41, 5.74) is 4.50. The van der Waals surface area contributed by atoms with E-state index in [1.165, 1.54) is 12.1 Å². The average molecular weight is 464 g/mol. The minimum atomic E-state index is -4.37. The molecule has 0 aromatic heterocycles. The van der Waals surface area contributed by atoms with Crippen molar-refractivity contribution in [3.05, 3.63) is 77.4 Å². The van der Waals surface area contributed by atoms with E-state index in [-0.39, 0.29) is 5.75 Å². The maximum absolute atomic E-state index is 13.0. The van der Waals surface area contributed by atoms with Gasteiger partial charge in [0.2, 0.25) is 0 Å². The van der Waals surface area contributed by atoms with Crippen LogP contribution in [0.5, 0.6) is 17.2 Å². The van der Waals surface area contributed by atoms with E-state index < -0.39 is 17.2 Å². The second-order valence-electron chi connectivity index (χ2n) is 9.03. The number of rotatable bonds is 3. The Morgan fingerprint density at radius 1 is 0.735 bits per heavy atom. The van der Waals surface area contributed by atoms with Crippen molar-refractivity contribution in [2.75, 3.05) is 14.2 Å². The van der Waals surface area contributed by atoms with Crippen LogP contribution in [0.25, 0.3) is 33.0 Å². The predicted molar refractivity (Wildman–Crippen MR) is 127 cm³/mol. The first kappa shape index (κ1) is 22.1. The second-order valence-corrected chi connectivity index (χ2v) is 9.03. The van der Waals surface area contributed by atoms with E-state index >= 15 is 0 Å². The molecule has 4 aromatic rings. The minimum absolute atomic E-state index is 0.151. The van der Waals surface area contributed by atoms with E-state index in [1.54, 1.807) is 26.4 Å². The highest BCUT2D eigenvalue weighted by Gasteiger charge is 2.38. The van der Waals surface area contributed by atoms with E-state index in [4.69, 9.17) is 9.47 Å². The van der Waals surface area contributed by atoms with Gasteiger partial charge in [0, 0.05) is 10.8 Å². The highest BCUT2D eigenvalue weighted by molar-refractivity contribution is 6.06. The van der Waals surface area contributed by atoms with Gasteiger partial charge in [-0.05, 0) is 75.2 Å². The summed E-state index contributed by atoms with van der Waals surface area (Å²) >= 11 is 0. The third-order valence-corrected chi connectivity index (χ3v) is 6.80. The fraction of sp³-hybridized carbons (Fsp3) is 0.214. The lowest BCUT2D eigenvalue weighted by Gasteiger charge is -2.22. The van der Waals surface area contributed by atoms with Crippen LogP contribution in [-0.4, -0.2) is 19.3 Å². The Labute approximate surface area is 195 Å². The van der Waals surface area contributed by atoms with Crippen molar-refractivity contribution >= 4 is 10.8 Å². The molecule has 0 saturated carbocycles. The van der Waals surface area contributed by atoms with Gasteiger partial charge in [-0.1, -0.05) is 38.1 Å². The normalized spacial score (nSPS) is 14.1. The topological polar surface area (TPSA) is 38.7 Å². The number of fused-ring (bicyclic) bond motifs is 5. The van der Waals surface area contributed by atoms with Crippen LogP contribution in [0.2, 0.25) is 0 Å². The molecular formula is C28H23F3O3. The third kappa shape index (κ3) is 3.20. The lowest BCUT2D eigenvalue weighted by atomic mass is 9.81. The molecule has 3 nitrogen and oxygen atoms in total. The van der Waals surface area contributed by atoms with Crippen molar-refractivity contribution in [1.82, 2.24) is 0 Å². The van der Waals surface area contributed by atoms with Crippen LogP contribution in [0.1, 0.15) is 30.5 Å². The van der Waals surface area contributed by atoms with E-state index in [0.29, 0.717) is 22.4 Å². The van der Waals surface area contributed by atoms with Gasteiger partial charge in [0.15, 0.2) is 11.5 Å². The summed E-state index contributed by atoms with van der Waals surface area (Å²) in [7, 11) is 3.12. The van der Waals surface area contributed by atoms with Gasteiger partial charge in [-0.15, -0.1) is 0 Å². The standard InChI is InChI=1S/C28H23F3O3/c1-27(2)21-11-16(15-5-8-17(9-6-15)28(29,30)31)7-10-18(21)26-20-13-25(34-4)24(33-3)12-19(20)23(32)14-22(26)27/h5-14,32H,1-4H3. The van der Waals surface area contributed by atoms with Gasteiger partial charge in [-0.2, -0.15) is 13.2 Å². The van der Waals surface area contributed by atoms with Crippen LogP contribution in [0.3, 0.4) is 0 Å². The fourth-order valence-electron chi connectivity index (χ4n) is 4.97. The second kappa shape index (κ2) is 7.42. The molecular weight excluding hydrogens is 441 g/mol. The molecule has 0 amide bonds. The molecule has 5 rings (SSSR count). The average Bonchev–Trinajstić information content (AvgIpc) is 3.04. The first-order valence-corrected chi connectivity index (χ1v) is 10.8. The van der Waals surface area contributed by atoms with Gasteiger partial charge in [0.1, 0.15) is 5.75 Å². The van der Waals surface area contributed by atoms with E-state index in [1.807, 2.05) is 24.3 Å². The van der Waals surface area contributed by atoms with Gasteiger partial charge < -0.3 is 14.6 Å². The molecule has 0 fully saturated rings. The van der Waals surface area contributed by atoms with E-state index in [2.05, 4.69) is 13.8 Å². The Hall–Kier alpha value is -3.67. The maximum atomic E-state index is 13.0. The lowest BCUT2D eigenvalue weighted by Crippen LogP contribution is -2.15. The summed E-state index contributed by atoms with van der Waals surface area (Å²) < 4.78 is 49.9. The number of aromatic hydroxyl groups is 1. The van der Waals surface area contributed by atoms with E-state index in [9.17, 15) is 18.3 Å². The number of ether oxygens (including phenoxy) is 2. The zero-order valence-corrected chi connectivity index (χ0v) is 19.2. The molecule has 0 unspecified atom stereocenters. The molecule has 1 aliphatic rings. The molecule has 0 radical (unpaired) electrons. The lowest BCUT2D eigenvalue weighted by molar-refractivity contribution is -0.137. The highest BCUT2D eigenvalue weighted by atomic mass is 19.4. The summed E-state index contributed by atoms with van der Waals surface area (Å²) in [6.45, 7) is 4.17. The number of halogens is 3. The molecule has 34 heavy (non-hydrogen) atoms. The molecule has 0 aliphatic heterocycles. The van der Waals surface area contributed by atoms with Crippen molar-refractivity contribution in [3.8, 4) is 39.5 Å². The smallest absolute Gasteiger partial charge is 0.416 e. The van der Waals surface area contributed by atoms with Crippen LogP contribution < -0.4 is 9.47 Å². The molecule has 174 valence electrons. The predicted octanol–water partition coefficient (Wildman–Crippen LogP) is 7.55. The SMILES string of the molecule is COc1cc2c(O)cc3c(c2cc1OC)-c1ccc(-c2ccc(C(F)(F)F)cc2)cc1C3(C)C. The summed E-state index contributed by atoms with van der Waals surface area (Å²) in [6, 6.07) is 16.6. The van der Waals surface area contributed by atoms with E-state index in [0.717, 1.165) is 45.3 Å². The number of phenolic OH excluding ortho intramolecular Hbond substituents is 1. The molecule has 0 atom stereocenters. The van der Waals surface area contributed by atoms with Gasteiger partial charge in [-0.25, -0.2) is 0 Å². The highest BCUT2D eigenvalue weighted by Crippen LogP contribution is 2.55. The number of hydrogen-bond donors (Lipinski definition) is 1. The summed E-state index contributed by atoms with van der Waals surface area (Å²) in [6.07, 6.45) is -4.37. The molecule has 6 heteroatoms. The van der Waals surface area contributed by atoms with Gasteiger partial charge in [0.25, 0.3) is 0 Å². The zero-order valence-electron chi connectivity index (χ0n) is 19.2. The van der Waals surface area contributed by atoms with Gasteiger partial charge in [-0.3, -0.25) is 0 Å². The monoisotopic (exact) mass is 464 g/mol. The summed E-state index contributed by atoms with van der Waals surface area (Å²) in [5, 5.41) is 12.4. The molecule has 0 saturated heterocycles. The first-order chi connectivity index (χ1) is 16.1. The van der Waals surface area contributed by atoms with Crippen LogP contribution in [-0.2, 0) is 11.6 Å². The zero-order chi connectivity index (χ0) is 24.4. The quantitative estimate of drug-likeness (QED) is 0.340. The van der Waals surface area contributed by atoms with Crippen molar-refractivity contribution in [2.45, 2.75) is 25.4 Å². The molecule has 1 aliphatic carbocycles. The Bertz CT molecular complexity index is 1430. The van der Waals surface area contributed by atoms with Gasteiger partial charge >= 0.3 is 6.18 Å². The van der Waals surface area contributed by atoms with Crippen molar-refractivity contribution in [2.24, 2.45) is 0 Å². The molecule has 4 aromatic carbocycles. The summed E-state index contributed by atoms with van der Waals surface area (Å²) in [4.78, 5) is 0. The Balaban J connectivity index is 1.71.